The van der Waals surface area contributed by atoms with Crippen molar-refractivity contribution >= 4 is 34.7 Å². The number of aromatic nitrogens is 3. The summed E-state index contributed by atoms with van der Waals surface area (Å²) in [6, 6.07) is 11.5. The molecule has 6 nitrogen and oxygen atoms in total. The molecule has 0 aliphatic carbocycles. The number of thiophene rings is 1. The Morgan fingerprint density at radius 1 is 1.35 bits per heavy atom. The van der Waals surface area contributed by atoms with Crippen molar-refractivity contribution in [2.24, 2.45) is 0 Å². The summed E-state index contributed by atoms with van der Waals surface area (Å²) in [4.78, 5) is 19.4. The van der Waals surface area contributed by atoms with Crippen LogP contribution in [0.2, 0.25) is 0 Å². The molecular weight excluding hydrogens is 373 g/mol. The Labute approximate surface area is 157 Å². The van der Waals surface area contributed by atoms with Gasteiger partial charge in [0.2, 0.25) is 11.1 Å². The fourth-order valence-corrected chi connectivity index (χ4v) is 3.56. The van der Waals surface area contributed by atoms with Crippen LogP contribution in [-0.2, 0) is 4.79 Å². The third kappa shape index (κ3) is 4.47. The summed E-state index contributed by atoms with van der Waals surface area (Å²) < 4.78 is 13.1. The molecule has 2 heterocycles. The number of nitrogens with zero attached hydrogens (tertiary/aromatic N) is 4. The highest BCUT2D eigenvalue weighted by atomic mass is 32.2. The number of thioether (sulfide) groups is 1. The molecule has 0 fully saturated rings. The molecule has 132 valence electrons. The van der Waals surface area contributed by atoms with Crippen molar-refractivity contribution in [3.05, 3.63) is 47.6 Å². The zero-order valence-corrected chi connectivity index (χ0v) is 15.2. The Bertz CT molecular complexity index is 902. The zero-order chi connectivity index (χ0) is 18.4. The van der Waals surface area contributed by atoms with Gasteiger partial charge in [-0.1, -0.05) is 17.8 Å². The smallest absolute Gasteiger partial charge is 0.237 e. The van der Waals surface area contributed by atoms with E-state index in [2.05, 4.69) is 15.2 Å². The van der Waals surface area contributed by atoms with Crippen molar-refractivity contribution in [1.29, 1.82) is 5.26 Å². The number of rotatable bonds is 7. The number of aromatic amines is 1. The minimum Gasteiger partial charge on any atom is -0.311 e. The van der Waals surface area contributed by atoms with Crippen LogP contribution >= 0.6 is 23.1 Å². The number of hydrogen-bond donors (Lipinski definition) is 1. The number of benzene rings is 1. The second-order valence-electron chi connectivity index (χ2n) is 5.16. The normalized spacial score (nSPS) is 10.5. The number of carbonyl (C=O) groups is 1. The lowest BCUT2D eigenvalue weighted by molar-refractivity contribution is -0.116. The number of amides is 1. The number of carbonyl (C=O) groups excluding carboxylic acids is 1. The maximum atomic E-state index is 13.1. The van der Waals surface area contributed by atoms with Crippen molar-refractivity contribution in [2.45, 2.75) is 11.6 Å². The van der Waals surface area contributed by atoms with E-state index in [-0.39, 0.29) is 30.4 Å². The fourth-order valence-electron chi connectivity index (χ4n) is 2.22. The Hall–Kier alpha value is -2.70. The summed E-state index contributed by atoms with van der Waals surface area (Å²) in [6.45, 7) is 0.246. The van der Waals surface area contributed by atoms with Gasteiger partial charge >= 0.3 is 0 Å². The van der Waals surface area contributed by atoms with Gasteiger partial charge in [-0.2, -0.15) is 5.26 Å². The van der Waals surface area contributed by atoms with Crippen molar-refractivity contribution in [2.75, 3.05) is 17.2 Å². The molecular formula is C17H14FN5OS2. The number of H-pyrrole nitrogens is 1. The molecule has 0 bridgehead atoms. The summed E-state index contributed by atoms with van der Waals surface area (Å²) in [5.41, 5.74) is 0.557. The lowest BCUT2D eigenvalue weighted by Gasteiger charge is -2.21. The second-order valence-corrected chi connectivity index (χ2v) is 7.05. The molecule has 3 rings (SSSR count). The van der Waals surface area contributed by atoms with E-state index in [1.54, 1.807) is 11.3 Å². The van der Waals surface area contributed by atoms with Gasteiger partial charge in [-0.3, -0.25) is 9.89 Å². The van der Waals surface area contributed by atoms with Crippen LogP contribution in [0.1, 0.15) is 6.42 Å². The Morgan fingerprint density at radius 2 is 2.15 bits per heavy atom. The maximum Gasteiger partial charge on any atom is 0.237 e. The van der Waals surface area contributed by atoms with E-state index in [4.69, 9.17) is 5.26 Å². The number of nitrogens with one attached hydrogen (secondary N) is 1. The molecule has 0 radical (unpaired) electrons. The van der Waals surface area contributed by atoms with Crippen molar-refractivity contribution < 1.29 is 9.18 Å². The van der Waals surface area contributed by atoms with E-state index in [1.165, 1.54) is 40.9 Å². The van der Waals surface area contributed by atoms with Crippen LogP contribution in [0.4, 0.5) is 10.1 Å². The fraction of sp³-hybridized carbons (Fsp3) is 0.176. The molecule has 0 aliphatic rings. The highest BCUT2D eigenvalue weighted by molar-refractivity contribution is 7.99. The highest BCUT2D eigenvalue weighted by Crippen LogP contribution is 2.24. The molecule has 9 heteroatoms. The number of halogens is 1. The molecule has 0 unspecified atom stereocenters. The van der Waals surface area contributed by atoms with Crippen LogP contribution in [0.5, 0.6) is 0 Å². The highest BCUT2D eigenvalue weighted by Gasteiger charge is 2.17. The largest absolute Gasteiger partial charge is 0.311 e. The molecule has 1 amide bonds. The zero-order valence-electron chi connectivity index (χ0n) is 13.6. The van der Waals surface area contributed by atoms with E-state index in [0.717, 1.165) is 4.88 Å². The maximum absolute atomic E-state index is 13.1. The van der Waals surface area contributed by atoms with Crippen LogP contribution in [0.25, 0.3) is 10.7 Å². The van der Waals surface area contributed by atoms with Crippen molar-refractivity contribution in [1.82, 2.24) is 15.2 Å². The predicted molar refractivity (Wildman–Crippen MR) is 99.4 cm³/mol. The summed E-state index contributed by atoms with van der Waals surface area (Å²) in [5, 5.41) is 18.2. The Balaban J connectivity index is 1.66. The van der Waals surface area contributed by atoms with E-state index in [1.807, 2.05) is 23.6 Å². The molecule has 26 heavy (non-hydrogen) atoms. The van der Waals surface area contributed by atoms with Crippen LogP contribution in [0, 0.1) is 17.1 Å². The minimum atomic E-state index is -0.377. The molecule has 1 N–H and O–H groups in total. The SMILES string of the molecule is N#CCCN(C(=O)CSc1n[nH]c(-c2cccs2)n1)c1ccc(F)cc1. The summed E-state index contributed by atoms with van der Waals surface area (Å²) >= 11 is 2.76. The first-order chi connectivity index (χ1) is 12.7. The topological polar surface area (TPSA) is 85.7 Å². The standard InChI is InChI=1S/C17H14FN5OS2/c18-12-4-6-13(7-5-12)23(9-2-8-19)15(24)11-26-17-20-16(21-22-17)14-3-1-10-25-14/h1,3-7,10H,2,9,11H2,(H,20,21,22). The van der Waals surface area contributed by atoms with Gasteiger partial charge in [-0.15, -0.1) is 16.4 Å². The quantitative estimate of drug-likeness (QED) is 0.625. The predicted octanol–water partition coefficient (Wildman–Crippen LogP) is 3.71. The van der Waals surface area contributed by atoms with E-state index >= 15 is 0 Å². The first-order valence-corrected chi connectivity index (χ1v) is 9.56. The van der Waals surface area contributed by atoms with Gasteiger partial charge < -0.3 is 4.90 Å². The van der Waals surface area contributed by atoms with Gasteiger partial charge in [-0.25, -0.2) is 9.37 Å². The van der Waals surface area contributed by atoms with E-state index in [9.17, 15) is 9.18 Å². The third-order valence-corrected chi connectivity index (χ3v) is 5.14. The van der Waals surface area contributed by atoms with Gasteiger partial charge in [-0.05, 0) is 35.7 Å². The van der Waals surface area contributed by atoms with Crippen LogP contribution < -0.4 is 4.90 Å². The van der Waals surface area contributed by atoms with Crippen LogP contribution in [0.15, 0.2) is 46.9 Å². The van der Waals surface area contributed by atoms with Crippen molar-refractivity contribution in [3.63, 3.8) is 0 Å². The van der Waals surface area contributed by atoms with Gasteiger partial charge in [0.25, 0.3) is 0 Å². The molecule has 3 aromatic rings. The van der Waals surface area contributed by atoms with Gasteiger partial charge in [0.1, 0.15) is 5.82 Å². The first-order valence-electron chi connectivity index (χ1n) is 7.69. The number of anilines is 1. The second kappa shape index (κ2) is 8.60. The average molecular weight is 387 g/mol. The molecule has 0 saturated carbocycles. The molecule has 0 atom stereocenters. The van der Waals surface area contributed by atoms with E-state index < -0.39 is 0 Å². The monoisotopic (exact) mass is 387 g/mol. The first kappa shape index (κ1) is 18.1. The van der Waals surface area contributed by atoms with Crippen molar-refractivity contribution in [3.8, 4) is 16.8 Å². The lowest BCUT2D eigenvalue weighted by atomic mass is 10.2. The third-order valence-electron chi connectivity index (χ3n) is 3.43. The molecule has 0 spiro atoms. The molecule has 0 aliphatic heterocycles. The summed E-state index contributed by atoms with van der Waals surface area (Å²) in [6.07, 6.45) is 0.191. The van der Waals surface area contributed by atoms with Crippen LogP contribution in [0.3, 0.4) is 0 Å². The van der Waals surface area contributed by atoms with E-state index in [0.29, 0.717) is 16.7 Å². The molecule has 2 aromatic heterocycles. The minimum absolute atomic E-state index is 0.116. The Kier molecular flexibility index (Phi) is 5.99. The van der Waals surface area contributed by atoms with Gasteiger partial charge in [0.05, 0.1) is 23.1 Å². The number of nitriles is 1. The van der Waals surface area contributed by atoms with Gasteiger partial charge in [0.15, 0.2) is 5.82 Å². The summed E-state index contributed by atoms with van der Waals surface area (Å²) in [7, 11) is 0. The lowest BCUT2D eigenvalue weighted by Crippen LogP contribution is -2.33. The Morgan fingerprint density at radius 3 is 2.85 bits per heavy atom. The molecule has 1 aromatic carbocycles. The average Bonchev–Trinajstić information content (AvgIpc) is 3.33. The van der Waals surface area contributed by atoms with Crippen LogP contribution in [-0.4, -0.2) is 33.4 Å². The van der Waals surface area contributed by atoms with Gasteiger partial charge in [0, 0.05) is 12.2 Å². The summed E-state index contributed by atoms with van der Waals surface area (Å²) in [5.74, 6) is 0.205. The molecule has 0 saturated heterocycles. The number of hydrogen-bond acceptors (Lipinski definition) is 6.